The molecule has 4 heteroatoms. The first-order valence-corrected chi connectivity index (χ1v) is 4.79. The first kappa shape index (κ1) is 9.01. The second-order valence-corrected chi connectivity index (χ2v) is 3.07. The number of benzene rings is 1. The summed E-state index contributed by atoms with van der Waals surface area (Å²) in [7, 11) is -0.920. The number of rotatable bonds is 3. The van der Waals surface area contributed by atoms with Gasteiger partial charge in [-0.05, 0) is 11.6 Å². The Kier molecular flexibility index (Phi) is 3.06. The van der Waals surface area contributed by atoms with Crippen LogP contribution >= 0.6 is 8.46 Å². The standard InChI is InChI=1S/C8H9O3P/c9-8(10)7-4-2-1-3-6(7)5-12-11/h1-4H,5,12H2,(H,9,10). The van der Waals surface area contributed by atoms with Crippen molar-refractivity contribution in [2.24, 2.45) is 0 Å². The highest BCUT2D eigenvalue weighted by Crippen LogP contribution is 2.14. The quantitative estimate of drug-likeness (QED) is 0.726. The largest absolute Gasteiger partial charge is 0.478 e. The van der Waals surface area contributed by atoms with Gasteiger partial charge in [0, 0.05) is 6.16 Å². The third-order valence-corrected chi connectivity index (χ3v) is 2.16. The van der Waals surface area contributed by atoms with E-state index in [1.165, 1.54) is 6.07 Å². The molecule has 1 aromatic carbocycles. The first-order valence-electron chi connectivity index (χ1n) is 3.50. The van der Waals surface area contributed by atoms with E-state index in [0.29, 0.717) is 11.7 Å². The predicted molar refractivity (Wildman–Crippen MR) is 47.5 cm³/mol. The Morgan fingerprint density at radius 3 is 2.67 bits per heavy atom. The fraction of sp³-hybridized carbons (Fsp3) is 0.125. The summed E-state index contributed by atoms with van der Waals surface area (Å²) in [6.45, 7) is 0. The van der Waals surface area contributed by atoms with Crippen molar-refractivity contribution in [3.05, 3.63) is 35.4 Å². The van der Waals surface area contributed by atoms with Gasteiger partial charge < -0.3 is 9.67 Å². The van der Waals surface area contributed by atoms with Gasteiger partial charge in [0.1, 0.15) is 0 Å². The maximum Gasteiger partial charge on any atom is 0.335 e. The molecule has 0 spiro atoms. The molecule has 0 heterocycles. The third kappa shape index (κ3) is 1.95. The van der Waals surface area contributed by atoms with E-state index in [-0.39, 0.29) is 5.56 Å². The third-order valence-electron chi connectivity index (χ3n) is 1.55. The average molecular weight is 184 g/mol. The summed E-state index contributed by atoms with van der Waals surface area (Å²) in [5, 5.41) is 8.70. The van der Waals surface area contributed by atoms with Crippen LogP contribution in [-0.2, 0) is 10.7 Å². The Morgan fingerprint density at radius 2 is 2.08 bits per heavy atom. The SMILES string of the molecule is O=[PH2]Cc1ccccc1C(=O)O. The van der Waals surface area contributed by atoms with E-state index in [2.05, 4.69) is 0 Å². The van der Waals surface area contributed by atoms with Crippen LogP contribution in [0.4, 0.5) is 0 Å². The van der Waals surface area contributed by atoms with Crippen molar-refractivity contribution in [1.82, 2.24) is 0 Å². The lowest BCUT2D eigenvalue weighted by atomic mass is 10.1. The molecule has 0 aliphatic carbocycles. The normalized spacial score (nSPS) is 10.7. The molecule has 1 aromatic rings. The molecular formula is C8H9O3P. The Hall–Kier alpha value is -1.08. The van der Waals surface area contributed by atoms with E-state index in [0.717, 1.165) is 0 Å². The zero-order valence-electron chi connectivity index (χ0n) is 6.36. The molecule has 0 saturated heterocycles. The van der Waals surface area contributed by atoms with Crippen molar-refractivity contribution in [2.45, 2.75) is 6.16 Å². The van der Waals surface area contributed by atoms with Crippen LogP contribution in [0.2, 0.25) is 0 Å². The van der Waals surface area contributed by atoms with Gasteiger partial charge in [-0.25, -0.2) is 4.79 Å². The van der Waals surface area contributed by atoms with Crippen molar-refractivity contribution in [2.75, 3.05) is 0 Å². The minimum Gasteiger partial charge on any atom is -0.478 e. The van der Waals surface area contributed by atoms with E-state index in [1.807, 2.05) is 0 Å². The number of carboxylic acids is 1. The Balaban J connectivity index is 3.07. The molecule has 64 valence electrons. The van der Waals surface area contributed by atoms with E-state index in [1.54, 1.807) is 18.2 Å². The van der Waals surface area contributed by atoms with Gasteiger partial charge in [0.2, 0.25) is 0 Å². The molecule has 0 aliphatic rings. The summed E-state index contributed by atoms with van der Waals surface area (Å²) >= 11 is 0. The molecule has 0 bridgehead atoms. The summed E-state index contributed by atoms with van der Waals surface area (Å²) < 4.78 is 10.4. The summed E-state index contributed by atoms with van der Waals surface area (Å²) in [6, 6.07) is 6.62. The van der Waals surface area contributed by atoms with Crippen LogP contribution in [0.25, 0.3) is 0 Å². The number of carbonyl (C=O) groups is 1. The fourth-order valence-corrected chi connectivity index (χ4v) is 1.53. The Bertz CT molecular complexity index is 309. The molecule has 0 fully saturated rings. The highest BCUT2D eigenvalue weighted by molar-refractivity contribution is 7.22. The predicted octanol–water partition coefficient (Wildman–Crippen LogP) is 1.64. The van der Waals surface area contributed by atoms with Crippen LogP contribution in [0.3, 0.4) is 0 Å². The minimum atomic E-state index is -0.960. The fourth-order valence-electron chi connectivity index (χ4n) is 0.997. The molecule has 0 saturated carbocycles. The van der Waals surface area contributed by atoms with Crippen molar-refractivity contribution in [3.63, 3.8) is 0 Å². The van der Waals surface area contributed by atoms with E-state index < -0.39 is 14.4 Å². The van der Waals surface area contributed by atoms with E-state index >= 15 is 0 Å². The van der Waals surface area contributed by atoms with Crippen LogP contribution in [0.15, 0.2) is 24.3 Å². The van der Waals surface area contributed by atoms with Crippen LogP contribution < -0.4 is 0 Å². The van der Waals surface area contributed by atoms with Crippen molar-refractivity contribution >= 4 is 14.4 Å². The van der Waals surface area contributed by atoms with Gasteiger partial charge in [-0.2, -0.15) is 0 Å². The number of hydrogen-bond acceptors (Lipinski definition) is 2. The smallest absolute Gasteiger partial charge is 0.335 e. The van der Waals surface area contributed by atoms with Crippen molar-refractivity contribution < 1.29 is 14.5 Å². The molecule has 1 unspecified atom stereocenters. The van der Waals surface area contributed by atoms with Gasteiger partial charge in [0.25, 0.3) is 0 Å². The second-order valence-electron chi connectivity index (χ2n) is 2.33. The zero-order chi connectivity index (χ0) is 8.97. The zero-order valence-corrected chi connectivity index (χ0v) is 7.51. The molecule has 0 amide bonds. The lowest BCUT2D eigenvalue weighted by Crippen LogP contribution is -1.99. The number of carboxylic acid groups (broad SMARTS) is 1. The molecule has 0 radical (unpaired) electrons. The summed E-state index contributed by atoms with van der Waals surface area (Å²) in [5.41, 5.74) is 0.899. The molecule has 1 atom stereocenters. The Labute approximate surface area is 71.2 Å². The molecule has 0 aromatic heterocycles. The van der Waals surface area contributed by atoms with Crippen LogP contribution in [-0.4, -0.2) is 11.1 Å². The van der Waals surface area contributed by atoms with Gasteiger partial charge >= 0.3 is 5.97 Å². The average Bonchev–Trinajstić information content (AvgIpc) is 2.05. The maximum absolute atomic E-state index is 10.6. The molecular weight excluding hydrogens is 175 g/mol. The van der Waals surface area contributed by atoms with Crippen LogP contribution in [0, 0.1) is 0 Å². The van der Waals surface area contributed by atoms with Crippen LogP contribution in [0.1, 0.15) is 15.9 Å². The molecule has 12 heavy (non-hydrogen) atoms. The molecule has 1 N–H and O–H groups in total. The van der Waals surface area contributed by atoms with Crippen molar-refractivity contribution in [1.29, 1.82) is 0 Å². The van der Waals surface area contributed by atoms with Gasteiger partial charge in [0.15, 0.2) is 0 Å². The van der Waals surface area contributed by atoms with Crippen molar-refractivity contribution in [3.8, 4) is 0 Å². The highest BCUT2D eigenvalue weighted by Gasteiger charge is 2.06. The first-order chi connectivity index (χ1) is 5.75. The molecule has 1 rings (SSSR count). The number of aromatic carboxylic acids is 1. The van der Waals surface area contributed by atoms with Crippen LogP contribution in [0.5, 0.6) is 0 Å². The minimum absolute atomic E-state index is 0.251. The lowest BCUT2D eigenvalue weighted by Gasteiger charge is -2.00. The van der Waals surface area contributed by atoms with E-state index in [4.69, 9.17) is 5.11 Å². The van der Waals surface area contributed by atoms with Gasteiger partial charge in [-0.15, -0.1) is 0 Å². The van der Waals surface area contributed by atoms with Gasteiger partial charge in [0.05, 0.1) is 14.0 Å². The monoisotopic (exact) mass is 184 g/mol. The summed E-state index contributed by atoms with van der Waals surface area (Å²) in [5.74, 6) is -0.960. The topological polar surface area (TPSA) is 54.4 Å². The van der Waals surface area contributed by atoms with E-state index in [9.17, 15) is 9.36 Å². The molecule has 0 aliphatic heterocycles. The van der Waals surface area contributed by atoms with Gasteiger partial charge in [-0.3, -0.25) is 0 Å². The summed E-state index contributed by atoms with van der Waals surface area (Å²) in [4.78, 5) is 10.6. The lowest BCUT2D eigenvalue weighted by molar-refractivity contribution is 0.0696. The Morgan fingerprint density at radius 1 is 1.42 bits per heavy atom. The van der Waals surface area contributed by atoms with Gasteiger partial charge in [-0.1, -0.05) is 18.2 Å². The summed E-state index contributed by atoms with van der Waals surface area (Å²) in [6.07, 6.45) is 0.364. The second kappa shape index (κ2) is 4.07. The molecule has 3 nitrogen and oxygen atoms in total. The number of hydrogen-bond donors (Lipinski definition) is 1. The maximum atomic E-state index is 10.6. The highest BCUT2D eigenvalue weighted by atomic mass is 31.1.